The lowest BCUT2D eigenvalue weighted by Crippen LogP contribution is -2.11. The van der Waals surface area contributed by atoms with E-state index in [1.54, 1.807) is 12.1 Å². The molecule has 0 bridgehead atoms. The number of hydrogen-bond acceptors (Lipinski definition) is 3. The van der Waals surface area contributed by atoms with Gasteiger partial charge in [-0.2, -0.15) is 0 Å². The van der Waals surface area contributed by atoms with Gasteiger partial charge in [-0.25, -0.2) is 14.2 Å². The summed E-state index contributed by atoms with van der Waals surface area (Å²) in [4.78, 5) is 15.4. The molecular weight excluding hydrogens is 255 g/mol. The molecule has 6 heteroatoms. The molecule has 0 amide bonds. The van der Waals surface area contributed by atoms with Gasteiger partial charge in [-0.3, -0.25) is 0 Å². The second kappa shape index (κ2) is 4.97. The second-order valence-electron chi connectivity index (χ2n) is 3.45. The number of halogens is 1. The van der Waals surface area contributed by atoms with E-state index in [4.69, 9.17) is 10.8 Å². The summed E-state index contributed by atoms with van der Waals surface area (Å²) in [6.07, 6.45) is 0. The molecule has 92 valence electrons. The van der Waals surface area contributed by atoms with E-state index in [0.29, 0.717) is 4.88 Å². The molecule has 0 aliphatic heterocycles. The lowest BCUT2D eigenvalue weighted by Gasteiger charge is -2.01. The zero-order valence-corrected chi connectivity index (χ0v) is 9.95. The second-order valence-corrected chi connectivity index (χ2v) is 4.39. The van der Waals surface area contributed by atoms with E-state index in [2.05, 4.69) is 4.99 Å². The van der Waals surface area contributed by atoms with Crippen molar-refractivity contribution in [1.29, 1.82) is 0 Å². The van der Waals surface area contributed by atoms with E-state index < -0.39 is 11.8 Å². The molecule has 3 N–H and O–H groups in total. The van der Waals surface area contributed by atoms with Crippen molar-refractivity contribution in [1.82, 2.24) is 0 Å². The van der Waals surface area contributed by atoms with Crippen LogP contribution in [-0.2, 0) is 0 Å². The summed E-state index contributed by atoms with van der Waals surface area (Å²) in [6, 6.07) is 6.94. The average molecular weight is 264 g/mol. The number of hydrogen-bond donors (Lipinski definition) is 2. The Morgan fingerprint density at radius 2 is 2.17 bits per heavy atom. The normalized spacial score (nSPS) is 11.5. The highest BCUT2D eigenvalue weighted by Crippen LogP contribution is 2.21. The van der Waals surface area contributed by atoms with Crippen molar-refractivity contribution in [2.45, 2.75) is 0 Å². The number of carboxylic acid groups (broad SMARTS) is 1. The Morgan fingerprint density at radius 1 is 1.39 bits per heavy atom. The van der Waals surface area contributed by atoms with Gasteiger partial charge >= 0.3 is 5.97 Å². The van der Waals surface area contributed by atoms with E-state index in [9.17, 15) is 9.18 Å². The van der Waals surface area contributed by atoms with Crippen molar-refractivity contribution in [2.75, 3.05) is 0 Å². The summed E-state index contributed by atoms with van der Waals surface area (Å²) in [5.74, 6) is -1.59. The molecule has 4 nitrogen and oxygen atoms in total. The minimum atomic E-state index is -1.14. The lowest BCUT2D eigenvalue weighted by atomic mass is 10.2. The van der Waals surface area contributed by atoms with Gasteiger partial charge in [0.25, 0.3) is 0 Å². The molecule has 0 saturated heterocycles. The maximum Gasteiger partial charge on any atom is 0.335 e. The minimum Gasteiger partial charge on any atom is -0.478 e. The molecular formula is C12H9FN2O2S. The van der Waals surface area contributed by atoms with Crippen molar-refractivity contribution in [2.24, 2.45) is 10.7 Å². The van der Waals surface area contributed by atoms with Gasteiger partial charge in [0.05, 0.1) is 10.4 Å². The summed E-state index contributed by atoms with van der Waals surface area (Å²) < 4.78 is 13.5. The van der Waals surface area contributed by atoms with E-state index in [1.807, 2.05) is 5.38 Å². The molecule has 1 aromatic heterocycles. The summed E-state index contributed by atoms with van der Waals surface area (Å²) in [5, 5.41) is 10.6. The monoisotopic (exact) mass is 264 g/mol. The maximum atomic E-state index is 13.5. The van der Waals surface area contributed by atoms with E-state index in [0.717, 1.165) is 12.1 Å². The molecule has 0 spiro atoms. The zero-order chi connectivity index (χ0) is 13.1. The highest BCUT2D eigenvalue weighted by Gasteiger charge is 2.09. The van der Waals surface area contributed by atoms with Gasteiger partial charge in [-0.15, -0.1) is 11.3 Å². The Bertz CT molecular complexity index is 609. The Hall–Kier alpha value is -2.21. The molecule has 0 radical (unpaired) electrons. The van der Waals surface area contributed by atoms with Crippen molar-refractivity contribution < 1.29 is 14.3 Å². The van der Waals surface area contributed by atoms with Crippen LogP contribution in [0, 0.1) is 5.82 Å². The molecule has 0 unspecified atom stereocenters. The predicted molar refractivity (Wildman–Crippen MR) is 68.1 cm³/mol. The SMILES string of the molecule is NC(=Nc1cc(C(=O)O)ccc1F)c1cccs1. The fourth-order valence-corrected chi connectivity index (χ4v) is 1.97. The number of carboxylic acids is 1. The van der Waals surface area contributed by atoms with Crippen molar-refractivity contribution in [3.8, 4) is 0 Å². The number of amidine groups is 1. The van der Waals surface area contributed by atoms with Crippen LogP contribution >= 0.6 is 11.3 Å². The van der Waals surface area contributed by atoms with Gasteiger partial charge in [0.15, 0.2) is 0 Å². The largest absolute Gasteiger partial charge is 0.478 e. The molecule has 0 fully saturated rings. The number of aromatic carboxylic acids is 1. The van der Waals surface area contributed by atoms with Crippen LogP contribution in [-0.4, -0.2) is 16.9 Å². The Balaban J connectivity index is 2.42. The van der Waals surface area contributed by atoms with Crippen LogP contribution < -0.4 is 5.73 Å². The maximum absolute atomic E-state index is 13.5. The van der Waals surface area contributed by atoms with Crippen LogP contribution in [0.4, 0.5) is 10.1 Å². The Labute approximate surface area is 106 Å². The molecule has 2 aromatic rings. The number of aliphatic imine (C=N–C) groups is 1. The third-order valence-corrected chi connectivity index (χ3v) is 3.10. The van der Waals surface area contributed by atoms with E-state index >= 15 is 0 Å². The lowest BCUT2D eigenvalue weighted by molar-refractivity contribution is 0.0697. The van der Waals surface area contributed by atoms with E-state index in [-0.39, 0.29) is 17.1 Å². The molecule has 0 saturated carbocycles. The fraction of sp³-hybridized carbons (Fsp3) is 0. The highest BCUT2D eigenvalue weighted by molar-refractivity contribution is 7.12. The molecule has 0 aliphatic rings. The van der Waals surface area contributed by atoms with Crippen molar-refractivity contribution >= 4 is 28.8 Å². The Kier molecular flexibility index (Phi) is 3.38. The summed E-state index contributed by atoms with van der Waals surface area (Å²) in [6.45, 7) is 0. The third kappa shape index (κ3) is 2.54. The quantitative estimate of drug-likeness (QED) is 0.661. The Morgan fingerprint density at radius 3 is 2.78 bits per heavy atom. The third-order valence-electron chi connectivity index (χ3n) is 2.21. The van der Waals surface area contributed by atoms with Crippen LogP contribution in [0.2, 0.25) is 0 Å². The van der Waals surface area contributed by atoms with Gasteiger partial charge < -0.3 is 10.8 Å². The number of nitrogens with two attached hydrogens (primary N) is 1. The first-order valence-electron chi connectivity index (χ1n) is 4.99. The van der Waals surface area contributed by atoms with Crippen LogP contribution in [0.5, 0.6) is 0 Å². The number of thiophene rings is 1. The van der Waals surface area contributed by atoms with Crippen LogP contribution in [0.25, 0.3) is 0 Å². The molecule has 0 aliphatic carbocycles. The topological polar surface area (TPSA) is 75.7 Å². The van der Waals surface area contributed by atoms with Gasteiger partial charge in [-0.1, -0.05) is 6.07 Å². The van der Waals surface area contributed by atoms with Crippen LogP contribution in [0.1, 0.15) is 15.2 Å². The van der Waals surface area contributed by atoms with E-state index in [1.165, 1.54) is 17.4 Å². The number of rotatable bonds is 3. The average Bonchev–Trinajstić information content (AvgIpc) is 2.85. The van der Waals surface area contributed by atoms with Crippen LogP contribution in [0.3, 0.4) is 0 Å². The summed E-state index contributed by atoms with van der Waals surface area (Å²) >= 11 is 1.37. The molecule has 1 heterocycles. The number of nitrogens with zero attached hydrogens (tertiary/aromatic N) is 1. The number of carbonyl (C=O) groups is 1. The fourth-order valence-electron chi connectivity index (χ4n) is 1.34. The zero-order valence-electron chi connectivity index (χ0n) is 9.13. The molecule has 0 atom stereocenters. The number of benzene rings is 1. The minimum absolute atomic E-state index is 0.0332. The smallest absolute Gasteiger partial charge is 0.335 e. The highest BCUT2D eigenvalue weighted by atomic mass is 32.1. The van der Waals surface area contributed by atoms with Crippen LogP contribution in [0.15, 0.2) is 40.7 Å². The first kappa shape index (κ1) is 12.3. The first-order valence-corrected chi connectivity index (χ1v) is 5.87. The predicted octanol–water partition coefficient (Wildman–Crippen LogP) is 2.62. The van der Waals surface area contributed by atoms with Gasteiger partial charge in [0.2, 0.25) is 0 Å². The molecule has 2 rings (SSSR count). The molecule has 18 heavy (non-hydrogen) atoms. The molecule has 1 aromatic carbocycles. The van der Waals surface area contributed by atoms with Gasteiger partial charge in [0, 0.05) is 0 Å². The van der Waals surface area contributed by atoms with Gasteiger partial charge in [-0.05, 0) is 29.6 Å². The van der Waals surface area contributed by atoms with Crippen molar-refractivity contribution in [3.63, 3.8) is 0 Å². The standard InChI is InChI=1S/C12H9FN2O2S/c13-8-4-3-7(12(16)17)6-9(8)15-11(14)10-2-1-5-18-10/h1-6H,(H2,14,15)(H,16,17). The van der Waals surface area contributed by atoms with Crippen molar-refractivity contribution in [3.05, 3.63) is 52.0 Å². The summed E-state index contributed by atoms with van der Waals surface area (Å²) in [5.41, 5.74) is 5.60. The first-order chi connectivity index (χ1) is 8.58. The van der Waals surface area contributed by atoms with Gasteiger partial charge in [0.1, 0.15) is 17.3 Å². The summed E-state index contributed by atoms with van der Waals surface area (Å²) in [7, 11) is 0.